The van der Waals surface area contributed by atoms with E-state index in [9.17, 15) is 14.9 Å². The number of nitrogens with zero attached hydrogens (tertiary/aromatic N) is 2. The summed E-state index contributed by atoms with van der Waals surface area (Å²) in [4.78, 5) is 28.2. The van der Waals surface area contributed by atoms with Gasteiger partial charge in [-0.15, -0.1) is 0 Å². The molecule has 0 amide bonds. The van der Waals surface area contributed by atoms with Crippen LogP contribution in [0.2, 0.25) is 0 Å². The molecule has 0 atom stereocenters. The lowest BCUT2D eigenvalue weighted by Crippen LogP contribution is -1.94. The zero-order valence-corrected chi connectivity index (χ0v) is 9.74. The molecule has 0 radical (unpaired) electrons. The number of carbonyl (C=O) groups excluding carboxylic acids is 1. The standard InChI is InChI=1S/C9H6BrN3O3/c1-4(14)6-3-11-9-5(6)2-7(13(15)16)8(10)12-9/h2-3H,1H3,(H,11,12). The first-order valence-corrected chi connectivity index (χ1v) is 5.13. The normalized spacial score (nSPS) is 10.6. The molecule has 0 aliphatic rings. The topological polar surface area (TPSA) is 88.9 Å². The third kappa shape index (κ3) is 1.58. The molecule has 1 N–H and O–H groups in total. The number of Topliss-reactive ketones (excluding diaryl/α,β-unsaturated/α-hetero) is 1. The summed E-state index contributed by atoms with van der Waals surface area (Å²) < 4.78 is 0.141. The van der Waals surface area contributed by atoms with Crippen LogP contribution in [0.25, 0.3) is 11.0 Å². The van der Waals surface area contributed by atoms with Gasteiger partial charge < -0.3 is 4.98 Å². The van der Waals surface area contributed by atoms with Crippen LogP contribution in [0, 0.1) is 10.1 Å². The van der Waals surface area contributed by atoms with Crippen LogP contribution in [0.5, 0.6) is 0 Å². The Balaban J connectivity index is 2.79. The summed E-state index contributed by atoms with van der Waals surface area (Å²) in [5.41, 5.74) is 0.690. The molecule has 16 heavy (non-hydrogen) atoms. The Morgan fingerprint density at radius 1 is 1.62 bits per heavy atom. The summed E-state index contributed by atoms with van der Waals surface area (Å²) in [7, 11) is 0. The van der Waals surface area contributed by atoms with Crippen molar-refractivity contribution in [3.8, 4) is 0 Å². The highest BCUT2D eigenvalue weighted by Gasteiger charge is 2.18. The Kier molecular flexibility index (Phi) is 2.47. The number of fused-ring (bicyclic) bond motifs is 1. The van der Waals surface area contributed by atoms with Crippen molar-refractivity contribution in [1.82, 2.24) is 9.97 Å². The Hall–Kier alpha value is -1.76. The molecule has 2 rings (SSSR count). The van der Waals surface area contributed by atoms with Crippen molar-refractivity contribution >= 4 is 38.4 Å². The molecule has 2 aromatic heterocycles. The molecule has 2 heterocycles. The minimum Gasteiger partial charge on any atom is -0.345 e. The second kappa shape index (κ2) is 3.67. The highest BCUT2D eigenvalue weighted by Crippen LogP contribution is 2.28. The SMILES string of the molecule is CC(=O)c1c[nH]c2nc(Br)c([N+](=O)[O-])cc12. The number of nitrogens with one attached hydrogen (secondary N) is 1. The lowest BCUT2D eigenvalue weighted by Gasteiger charge is -1.96. The first-order chi connectivity index (χ1) is 7.50. The molecule has 0 unspecified atom stereocenters. The number of aromatic nitrogens is 2. The number of carbonyl (C=O) groups is 1. The zero-order chi connectivity index (χ0) is 11.9. The van der Waals surface area contributed by atoms with Crippen LogP contribution in [-0.4, -0.2) is 20.7 Å². The number of hydrogen-bond acceptors (Lipinski definition) is 4. The zero-order valence-electron chi connectivity index (χ0n) is 8.15. The van der Waals surface area contributed by atoms with Crippen molar-refractivity contribution in [3.63, 3.8) is 0 Å². The molecule has 0 bridgehead atoms. The fourth-order valence-corrected chi connectivity index (χ4v) is 1.87. The van der Waals surface area contributed by atoms with E-state index in [0.717, 1.165) is 0 Å². The Labute approximate surface area is 98.0 Å². The van der Waals surface area contributed by atoms with E-state index in [1.807, 2.05) is 0 Å². The summed E-state index contributed by atoms with van der Waals surface area (Å²) in [6.07, 6.45) is 1.50. The molecule has 6 nitrogen and oxygen atoms in total. The van der Waals surface area contributed by atoms with Crippen LogP contribution in [0.4, 0.5) is 5.69 Å². The maximum absolute atomic E-state index is 11.3. The van der Waals surface area contributed by atoms with Crippen LogP contribution >= 0.6 is 15.9 Å². The highest BCUT2D eigenvalue weighted by molar-refractivity contribution is 9.10. The molecule has 82 valence electrons. The lowest BCUT2D eigenvalue weighted by atomic mass is 10.1. The Bertz CT molecular complexity index is 605. The molecule has 0 spiro atoms. The number of H-pyrrole nitrogens is 1. The predicted octanol–water partition coefficient (Wildman–Crippen LogP) is 2.44. The molecule has 0 fully saturated rings. The number of ketones is 1. The minimum absolute atomic E-state index is 0.141. The summed E-state index contributed by atoms with van der Waals surface area (Å²) >= 11 is 3.01. The van der Waals surface area contributed by atoms with Gasteiger partial charge in [-0.1, -0.05) is 0 Å². The van der Waals surface area contributed by atoms with E-state index >= 15 is 0 Å². The van der Waals surface area contributed by atoms with Gasteiger partial charge >= 0.3 is 5.69 Å². The van der Waals surface area contributed by atoms with Gasteiger partial charge in [0, 0.05) is 23.2 Å². The largest absolute Gasteiger partial charge is 0.345 e. The predicted molar refractivity (Wildman–Crippen MR) is 60.5 cm³/mol. The average molecular weight is 284 g/mol. The van der Waals surface area contributed by atoms with Gasteiger partial charge in [-0.3, -0.25) is 14.9 Å². The second-order valence-electron chi connectivity index (χ2n) is 3.21. The van der Waals surface area contributed by atoms with E-state index in [1.54, 1.807) is 0 Å². The van der Waals surface area contributed by atoms with E-state index in [0.29, 0.717) is 16.6 Å². The van der Waals surface area contributed by atoms with Gasteiger partial charge in [0.2, 0.25) is 0 Å². The van der Waals surface area contributed by atoms with Crippen LogP contribution in [0.15, 0.2) is 16.9 Å². The fourth-order valence-electron chi connectivity index (χ4n) is 1.43. The number of hydrogen-bond donors (Lipinski definition) is 1. The van der Waals surface area contributed by atoms with Crippen LogP contribution in [-0.2, 0) is 0 Å². The third-order valence-electron chi connectivity index (χ3n) is 2.18. The summed E-state index contributed by atoms with van der Waals surface area (Å²) in [6, 6.07) is 1.33. The van der Waals surface area contributed by atoms with Crippen molar-refractivity contribution in [3.05, 3.63) is 32.5 Å². The number of aromatic amines is 1. The van der Waals surface area contributed by atoms with Crippen molar-refractivity contribution in [2.75, 3.05) is 0 Å². The van der Waals surface area contributed by atoms with Gasteiger partial charge in [-0.2, -0.15) is 0 Å². The van der Waals surface area contributed by atoms with Crippen LogP contribution in [0.3, 0.4) is 0 Å². The van der Waals surface area contributed by atoms with Gasteiger partial charge in [-0.25, -0.2) is 4.98 Å². The van der Waals surface area contributed by atoms with Crippen molar-refractivity contribution < 1.29 is 9.72 Å². The molecule has 7 heteroatoms. The third-order valence-corrected chi connectivity index (χ3v) is 2.76. The first kappa shape index (κ1) is 10.7. The number of halogens is 1. The average Bonchev–Trinajstić information content (AvgIpc) is 2.58. The highest BCUT2D eigenvalue weighted by atomic mass is 79.9. The van der Waals surface area contributed by atoms with E-state index in [4.69, 9.17) is 0 Å². The fraction of sp³-hybridized carbons (Fsp3) is 0.111. The van der Waals surface area contributed by atoms with E-state index in [2.05, 4.69) is 25.9 Å². The number of rotatable bonds is 2. The molecule has 0 aliphatic heterocycles. The Morgan fingerprint density at radius 3 is 2.88 bits per heavy atom. The molecular formula is C9H6BrN3O3. The van der Waals surface area contributed by atoms with Crippen molar-refractivity contribution in [1.29, 1.82) is 0 Å². The lowest BCUT2D eigenvalue weighted by molar-refractivity contribution is -0.385. The molecule has 2 aromatic rings. The quantitative estimate of drug-likeness (QED) is 0.397. The second-order valence-corrected chi connectivity index (χ2v) is 3.96. The number of nitro groups is 1. The summed E-state index contributed by atoms with van der Waals surface area (Å²) in [5, 5.41) is 11.2. The monoisotopic (exact) mass is 283 g/mol. The number of pyridine rings is 1. The van der Waals surface area contributed by atoms with E-state index in [1.165, 1.54) is 19.2 Å². The van der Waals surface area contributed by atoms with Crippen LogP contribution in [0.1, 0.15) is 17.3 Å². The van der Waals surface area contributed by atoms with Crippen LogP contribution < -0.4 is 0 Å². The van der Waals surface area contributed by atoms with E-state index in [-0.39, 0.29) is 16.1 Å². The minimum atomic E-state index is -0.548. The maximum atomic E-state index is 11.3. The van der Waals surface area contributed by atoms with Gasteiger partial charge in [-0.05, 0) is 22.9 Å². The maximum Gasteiger partial charge on any atom is 0.302 e. The summed E-state index contributed by atoms with van der Waals surface area (Å²) in [6.45, 7) is 1.40. The molecule has 0 aromatic carbocycles. The molecule has 0 saturated carbocycles. The Morgan fingerprint density at radius 2 is 2.31 bits per heavy atom. The van der Waals surface area contributed by atoms with Crippen molar-refractivity contribution in [2.24, 2.45) is 0 Å². The molecule has 0 aliphatic carbocycles. The van der Waals surface area contributed by atoms with Crippen molar-refractivity contribution in [2.45, 2.75) is 6.92 Å². The first-order valence-electron chi connectivity index (χ1n) is 4.33. The van der Waals surface area contributed by atoms with Gasteiger partial charge in [0.1, 0.15) is 5.65 Å². The smallest absolute Gasteiger partial charge is 0.302 e. The van der Waals surface area contributed by atoms with Gasteiger partial charge in [0.15, 0.2) is 10.4 Å². The molecule has 0 saturated heterocycles. The van der Waals surface area contributed by atoms with E-state index < -0.39 is 4.92 Å². The van der Waals surface area contributed by atoms with Gasteiger partial charge in [0.25, 0.3) is 0 Å². The molecular weight excluding hydrogens is 278 g/mol. The summed E-state index contributed by atoms with van der Waals surface area (Å²) in [5.74, 6) is -0.162. The van der Waals surface area contributed by atoms with Gasteiger partial charge in [0.05, 0.1) is 4.92 Å².